The normalized spacial score (nSPS) is 24.0. The van der Waals surface area contributed by atoms with E-state index in [1.807, 2.05) is 11.0 Å². The van der Waals surface area contributed by atoms with Gasteiger partial charge in [-0.3, -0.25) is 9.69 Å². The molecule has 1 atom stereocenters. The van der Waals surface area contributed by atoms with Crippen molar-refractivity contribution in [3.05, 3.63) is 34.5 Å². The van der Waals surface area contributed by atoms with E-state index in [0.717, 1.165) is 25.9 Å². The summed E-state index contributed by atoms with van der Waals surface area (Å²) < 4.78 is 0. The number of nitrogens with zero attached hydrogens (tertiary/aromatic N) is 2. The zero-order chi connectivity index (χ0) is 13.8. The quantitative estimate of drug-likeness (QED) is 0.796. The Labute approximate surface area is 124 Å². The molecule has 108 valence electrons. The Balaban J connectivity index is 1.57. The topological polar surface area (TPSA) is 23.6 Å². The first-order valence-corrected chi connectivity index (χ1v) is 8.50. The van der Waals surface area contributed by atoms with E-state index >= 15 is 0 Å². The van der Waals surface area contributed by atoms with E-state index in [2.05, 4.69) is 21.7 Å². The van der Waals surface area contributed by atoms with Gasteiger partial charge in [-0.15, -0.1) is 0 Å². The van der Waals surface area contributed by atoms with Crippen LogP contribution in [0.15, 0.2) is 29.0 Å². The highest BCUT2D eigenvalue weighted by molar-refractivity contribution is 7.07. The maximum atomic E-state index is 12.3. The van der Waals surface area contributed by atoms with Crippen molar-refractivity contribution in [1.82, 2.24) is 9.80 Å². The summed E-state index contributed by atoms with van der Waals surface area (Å²) in [5, 5.41) is 4.27. The summed E-state index contributed by atoms with van der Waals surface area (Å²) in [7, 11) is 0. The summed E-state index contributed by atoms with van der Waals surface area (Å²) in [5.74, 6) is 0.179. The van der Waals surface area contributed by atoms with Crippen molar-refractivity contribution >= 4 is 17.2 Å². The van der Waals surface area contributed by atoms with Gasteiger partial charge < -0.3 is 4.90 Å². The average Bonchev–Trinajstić information content (AvgIpc) is 3.19. The second kappa shape index (κ2) is 6.55. The molecule has 20 heavy (non-hydrogen) atoms. The molecule has 3 nitrogen and oxygen atoms in total. The van der Waals surface area contributed by atoms with Crippen LogP contribution in [0.2, 0.25) is 0 Å². The van der Waals surface area contributed by atoms with Crippen molar-refractivity contribution in [2.24, 2.45) is 0 Å². The number of likely N-dealkylation sites (tertiary alicyclic amines) is 2. The van der Waals surface area contributed by atoms with Gasteiger partial charge in [0.1, 0.15) is 0 Å². The van der Waals surface area contributed by atoms with Crippen LogP contribution in [0.5, 0.6) is 0 Å². The molecule has 1 amide bonds. The monoisotopic (exact) mass is 290 g/mol. The minimum Gasteiger partial charge on any atom is -0.332 e. The molecule has 0 aliphatic carbocycles. The van der Waals surface area contributed by atoms with Crippen LogP contribution in [-0.4, -0.2) is 41.9 Å². The van der Waals surface area contributed by atoms with Gasteiger partial charge in [0.05, 0.1) is 6.04 Å². The van der Waals surface area contributed by atoms with Gasteiger partial charge >= 0.3 is 0 Å². The molecule has 2 aliphatic heterocycles. The number of carbonyl (C=O) groups excluding carboxylic acids is 1. The fraction of sp³-hybridized carbons (Fsp3) is 0.562. The third-order valence-corrected chi connectivity index (χ3v) is 4.99. The van der Waals surface area contributed by atoms with Crippen LogP contribution < -0.4 is 0 Å². The minimum atomic E-state index is 0.179. The van der Waals surface area contributed by atoms with Crippen LogP contribution in [0.4, 0.5) is 0 Å². The molecule has 0 bridgehead atoms. The van der Waals surface area contributed by atoms with Gasteiger partial charge in [-0.25, -0.2) is 0 Å². The molecular weight excluding hydrogens is 268 g/mol. The number of rotatable bonds is 4. The highest BCUT2D eigenvalue weighted by atomic mass is 32.1. The SMILES string of the molecule is O=C(/C=C/CN1CCCC1)N1CCCC1c1ccsc1. The maximum Gasteiger partial charge on any atom is 0.246 e. The first kappa shape index (κ1) is 13.8. The van der Waals surface area contributed by atoms with Crippen molar-refractivity contribution in [2.45, 2.75) is 31.7 Å². The highest BCUT2D eigenvalue weighted by Crippen LogP contribution is 2.33. The molecule has 1 unspecified atom stereocenters. The molecule has 0 saturated carbocycles. The van der Waals surface area contributed by atoms with Crippen LogP contribution >= 0.6 is 11.3 Å². The maximum absolute atomic E-state index is 12.3. The Morgan fingerprint density at radius 2 is 2.15 bits per heavy atom. The molecule has 2 saturated heterocycles. The Kier molecular flexibility index (Phi) is 4.53. The summed E-state index contributed by atoms with van der Waals surface area (Å²) >= 11 is 1.71. The third kappa shape index (κ3) is 3.13. The van der Waals surface area contributed by atoms with Gasteiger partial charge in [0, 0.05) is 19.2 Å². The first-order chi connectivity index (χ1) is 9.84. The summed E-state index contributed by atoms with van der Waals surface area (Å²) in [6, 6.07) is 2.44. The molecule has 4 heteroatoms. The number of amides is 1. The lowest BCUT2D eigenvalue weighted by molar-refractivity contribution is -0.126. The van der Waals surface area contributed by atoms with E-state index in [1.54, 1.807) is 17.4 Å². The van der Waals surface area contributed by atoms with E-state index in [9.17, 15) is 4.79 Å². The van der Waals surface area contributed by atoms with Gasteiger partial charge in [0.25, 0.3) is 0 Å². The predicted molar refractivity (Wildman–Crippen MR) is 82.8 cm³/mol. The van der Waals surface area contributed by atoms with Crippen molar-refractivity contribution in [3.8, 4) is 0 Å². The second-order valence-electron chi connectivity index (χ2n) is 5.66. The molecule has 2 aliphatic rings. The van der Waals surface area contributed by atoms with E-state index in [-0.39, 0.29) is 5.91 Å². The van der Waals surface area contributed by atoms with Gasteiger partial charge in [0.2, 0.25) is 5.91 Å². The largest absolute Gasteiger partial charge is 0.332 e. The van der Waals surface area contributed by atoms with Gasteiger partial charge in [-0.05, 0) is 61.2 Å². The average molecular weight is 290 g/mol. The van der Waals surface area contributed by atoms with Gasteiger partial charge in [-0.1, -0.05) is 6.08 Å². The Morgan fingerprint density at radius 1 is 1.30 bits per heavy atom. The number of carbonyl (C=O) groups is 1. The number of thiophene rings is 1. The predicted octanol–water partition coefficient (Wildman–Crippen LogP) is 3.06. The lowest BCUT2D eigenvalue weighted by Gasteiger charge is -2.23. The fourth-order valence-electron chi connectivity index (χ4n) is 3.21. The van der Waals surface area contributed by atoms with Crippen molar-refractivity contribution in [3.63, 3.8) is 0 Å². The zero-order valence-corrected chi connectivity index (χ0v) is 12.6. The molecule has 3 heterocycles. The fourth-order valence-corrected chi connectivity index (χ4v) is 3.91. The number of hydrogen-bond donors (Lipinski definition) is 0. The lowest BCUT2D eigenvalue weighted by atomic mass is 10.1. The number of hydrogen-bond acceptors (Lipinski definition) is 3. The van der Waals surface area contributed by atoms with Crippen molar-refractivity contribution in [1.29, 1.82) is 0 Å². The zero-order valence-electron chi connectivity index (χ0n) is 11.8. The molecule has 1 aromatic rings. The molecule has 2 fully saturated rings. The molecule has 3 rings (SSSR count). The van der Waals surface area contributed by atoms with E-state index in [1.165, 1.54) is 31.5 Å². The van der Waals surface area contributed by atoms with Gasteiger partial charge in [0.15, 0.2) is 0 Å². The van der Waals surface area contributed by atoms with Crippen LogP contribution in [0, 0.1) is 0 Å². The van der Waals surface area contributed by atoms with Crippen LogP contribution in [0.1, 0.15) is 37.3 Å². The molecular formula is C16H22N2OS. The lowest BCUT2D eigenvalue weighted by Crippen LogP contribution is -2.29. The Morgan fingerprint density at radius 3 is 2.90 bits per heavy atom. The van der Waals surface area contributed by atoms with Gasteiger partial charge in [-0.2, -0.15) is 11.3 Å². The molecule has 0 spiro atoms. The van der Waals surface area contributed by atoms with Crippen molar-refractivity contribution in [2.75, 3.05) is 26.2 Å². The summed E-state index contributed by atoms with van der Waals surface area (Å²) in [4.78, 5) is 16.8. The first-order valence-electron chi connectivity index (χ1n) is 7.56. The molecule has 1 aromatic heterocycles. The molecule has 0 N–H and O–H groups in total. The smallest absolute Gasteiger partial charge is 0.246 e. The summed E-state index contributed by atoms with van der Waals surface area (Å²) in [6.07, 6.45) is 8.64. The summed E-state index contributed by atoms with van der Waals surface area (Å²) in [5.41, 5.74) is 1.30. The Bertz CT molecular complexity index is 463. The second-order valence-corrected chi connectivity index (χ2v) is 6.44. The summed E-state index contributed by atoms with van der Waals surface area (Å²) in [6.45, 7) is 4.18. The molecule has 0 radical (unpaired) electrons. The third-order valence-electron chi connectivity index (χ3n) is 4.29. The van der Waals surface area contributed by atoms with E-state index in [0.29, 0.717) is 6.04 Å². The van der Waals surface area contributed by atoms with E-state index < -0.39 is 0 Å². The Hall–Kier alpha value is -1.13. The van der Waals surface area contributed by atoms with Crippen LogP contribution in [0.25, 0.3) is 0 Å². The van der Waals surface area contributed by atoms with E-state index in [4.69, 9.17) is 0 Å². The van der Waals surface area contributed by atoms with Crippen molar-refractivity contribution < 1.29 is 4.79 Å². The molecule has 0 aromatic carbocycles. The van der Waals surface area contributed by atoms with Crippen LogP contribution in [-0.2, 0) is 4.79 Å². The standard InChI is InChI=1S/C16H22N2OS/c19-16(6-4-10-17-8-1-2-9-17)18-11-3-5-15(18)14-7-12-20-13-14/h4,6-7,12-13,15H,1-3,5,8-11H2/b6-4+. The highest BCUT2D eigenvalue weighted by Gasteiger charge is 2.28. The van der Waals surface area contributed by atoms with Crippen LogP contribution in [0.3, 0.4) is 0 Å². The minimum absolute atomic E-state index is 0.179.